The monoisotopic (exact) mass is 416 g/mol. The maximum absolute atomic E-state index is 9.15. The van der Waals surface area contributed by atoms with Crippen LogP contribution in [-0.4, -0.2) is 40.0 Å². The average molecular weight is 417 g/mol. The number of rotatable bonds is 7. The van der Waals surface area contributed by atoms with Gasteiger partial charge < -0.3 is 21.1 Å². The molecule has 0 bridgehead atoms. The fraction of sp³-hybridized carbons (Fsp3) is 0.292. The van der Waals surface area contributed by atoms with Crippen LogP contribution in [0.3, 0.4) is 0 Å². The highest BCUT2D eigenvalue weighted by Gasteiger charge is 2.25. The molecule has 1 atom stereocenters. The molecule has 7 nitrogen and oxygen atoms in total. The molecule has 1 aliphatic rings. The number of benzene rings is 2. The van der Waals surface area contributed by atoms with Crippen LogP contribution in [0.15, 0.2) is 48.7 Å². The van der Waals surface area contributed by atoms with E-state index in [1.807, 2.05) is 24.9 Å². The third kappa shape index (κ3) is 4.22. The quantitative estimate of drug-likeness (QED) is 0.442. The first-order valence-electron chi connectivity index (χ1n) is 10.5. The van der Waals surface area contributed by atoms with Crippen LogP contribution in [0, 0.1) is 12.3 Å². The van der Waals surface area contributed by atoms with Crippen molar-refractivity contribution in [3.05, 3.63) is 71.0 Å². The minimum Gasteiger partial charge on any atom is -0.396 e. The van der Waals surface area contributed by atoms with Crippen molar-refractivity contribution in [3.8, 4) is 11.3 Å². The van der Waals surface area contributed by atoms with Gasteiger partial charge in [0.15, 0.2) is 0 Å². The summed E-state index contributed by atoms with van der Waals surface area (Å²) in [5.74, 6) is 0. The van der Waals surface area contributed by atoms with Crippen LogP contribution in [0.5, 0.6) is 0 Å². The van der Waals surface area contributed by atoms with Crippen molar-refractivity contribution < 1.29 is 5.11 Å². The smallest absolute Gasteiger partial charge is 0.0918 e. The maximum Gasteiger partial charge on any atom is 0.0918 e. The van der Waals surface area contributed by atoms with Crippen LogP contribution in [0.1, 0.15) is 34.8 Å². The van der Waals surface area contributed by atoms with E-state index < -0.39 is 0 Å². The number of aliphatic hydroxyl groups excluding tert-OH is 1. The van der Waals surface area contributed by atoms with Crippen LogP contribution < -0.4 is 10.6 Å². The summed E-state index contributed by atoms with van der Waals surface area (Å²) < 4.78 is 1.99. The first-order chi connectivity index (χ1) is 15.1. The minimum absolute atomic E-state index is 0.0845. The van der Waals surface area contributed by atoms with Crippen molar-refractivity contribution in [2.45, 2.75) is 32.4 Å². The summed E-state index contributed by atoms with van der Waals surface area (Å²) in [5.41, 5.74) is 8.23. The van der Waals surface area contributed by atoms with Gasteiger partial charge in [-0.1, -0.05) is 29.5 Å². The zero-order valence-electron chi connectivity index (χ0n) is 17.9. The highest BCUT2D eigenvalue weighted by atomic mass is 16.2. The maximum atomic E-state index is 9.15. The van der Waals surface area contributed by atoms with Gasteiger partial charge in [0.2, 0.25) is 0 Å². The molecular weight excluding hydrogens is 388 g/mol. The molecule has 0 aliphatic carbocycles. The number of anilines is 1. The van der Waals surface area contributed by atoms with Crippen molar-refractivity contribution in [3.63, 3.8) is 0 Å². The molecule has 4 rings (SSSR count). The molecule has 160 valence electrons. The Morgan fingerprint density at radius 1 is 1.26 bits per heavy atom. The largest absolute Gasteiger partial charge is 0.396 e. The Bertz CT molecular complexity index is 1100. The summed E-state index contributed by atoms with van der Waals surface area (Å²) in [6, 6.07) is 14.6. The molecular formula is C24H28N6O. The lowest BCUT2D eigenvalue weighted by Gasteiger charge is -2.22. The number of aryl methyl sites for hydroxylation is 2. The van der Waals surface area contributed by atoms with E-state index in [2.05, 4.69) is 63.4 Å². The molecule has 0 fully saturated rings. The van der Waals surface area contributed by atoms with Gasteiger partial charge >= 0.3 is 0 Å². The van der Waals surface area contributed by atoms with Crippen molar-refractivity contribution in [1.29, 1.82) is 5.41 Å². The number of aromatic nitrogens is 3. The van der Waals surface area contributed by atoms with E-state index in [0.29, 0.717) is 6.42 Å². The van der Waals surface area contributed by atoms with E-state index in [1.54, 1.807) is 0 Å². The lowest BCUT2D eigenvalue weighted by Crippen LogP contribution is -2.13. The van der Waals surface area contributed by atoms with Gasteiger partial charge in [-0.2, -0.15) is 0 Å². The molecule has 1 aromatic heterocycles. The Kier molecular flexibility index (Phi) is 6.13. The summed E-state index contributed by atoms with van der Waals surface area (Å²) in [5, 5.41) is 32.3. The van der Waals surface area contributed by atoms with Crippen LogP contribution >= 0.6 is 0 Å². The van der Waals surface area contributed by atoms with Gasteiger partial charge in [-0.3, -0.25) is 0 Å². The fourth-order valence-corrected chi connectivity index (χ4v) is 4.16. The number of fused-ring (bicyclic) bond motifs is 3. The van der Waals surface area contributed by atoms with Gasteiger partial charge in [-0.05, 0) is 54.7 Å². The van der Waals surface area contributed by atoms with Gasteiger partial charge in [-0.25, -0.2) is 4.68 Å². The van der Waals surface area contributed by atoms with Gasteiger partial charge in [0.05, 0.1) is 17.4 Å². The van der Waals surface area contributed by atoms with Crippen molar-refractivity contribution in [2.24, 2.45) is 0 Å². The minimum atomic E-state index is 0.0845. The highest BCUT2D eigenvalue weighted by Crippen LogP contribution is 2.38. The molecule has 31 heavy (non-hydrogen) atoms. The van der Waals surface area contributed by atoms with Gasteiger partial charge in [0, 0.05) is 49.4 Å². The Morgan fingerprint density at radius 3 is 2.77 bits per heavy atom. The SMILES string of the molecule is CN/C=C(\C=N)c1ccc2c(c1)C(Nc1ccc(CCO)cc1)CCn1nnc(C)c1-2. The molecule has 1 unspecified atom stereocenters. The Morgan fingerprint density at radius 2 is 2.06 bits per heavy atom. The lowest BCUT2D eigenvalue weighted by atomic mass is 9.92. The number of aliphatic hydroxyl groups is 1. The van der Waals surface area contributed by atoms with Crippen molar-refractivity contribution in [1.82, 2.24) is 20.3 Å². The first-order valence-corrected chi connectivity index (χ1v) is 10.5. The number of allylic oxidation sites excluding steroid dienone is 1. The van der Waals surface area contributed by atoms with Crippen LogP contribution in [0.2, 0.25) is 0 Å². The van der Waals surface area contributed by atoms with Gasteiger partial charge in [0.1, 0.15) is 0 Å². The molecule has 0 amide bonds. The van der Waals surface area contributed by atoms with E-state index >= 15 is 0 Å². The van der Waals surface area contributed by atoms with Crippen molar-refractivity contribution in [2.75, 3.05) is 19.0 Å². The zero-order valence-corrected chi connectivity index (χ0v) is 17.9. The summed E-state index contributed by atoms with van der Waals surface area (Å²) in [6.45, 7) is 2.91. The number of nitrogens with one attached hydrogen (secondary N) is 3. The standard InChI is InChI=1S/C24H28N6O/c1-16-24-21-8-5-18(19(14-25)15-26-2)13-22(21)23(9-11-30(24)29-28-16)27-20-6-3-17(4-7-20)10-12-31/h3-8,13-15,23,25-27,31H,9-12H2,1-2H3/b19-15+,25-14?. The normalized spacial score (nSPS) is 15.6. The first kappa shape index (κ1) is 20.8. The molecule has 0 saturated heterocycles. The fourth-order valence-electron chi connectivity index (χ4n) is 4.16. The Labute approximate surface area is 182 Å². The number of hydrogen-bond acceptors (Lipinski definition) is 6. The molecule has 0 radical (unpaired) electrons. The number of nitrogens with zero attached hydrogens (tertiary/aromatic N) is 3. The van der Waals surface area contributed by atoms with Crippen molar-refractivity contribution >= 4 is 17.5 Å². The van der Waals surface area contributed by atoms with Crippen LogP contribution in [-0.2, 0) is 13.0 Å². The van der Waals surface area contributed by atoms with Crippen LogP contribution in [0.25, 0.3) is 16.8 Å². The van der Waals surface area contributed by atoms with Gasteiger partial charge in [0.25, 0.3) is 0 Å². The topological polar surface area (TPSA) is 98.8 Å². The zero-order chi connectivity index (χ0) is 21.8. The van der Waals surface area contributed by atoms with E-state index in [1.165, 1.54) is 11.8 Å². The lowest BCUT2D eigenvalue weighted by molar-refractivity contribution is 0.299. The predicted molar refractivity (Wildman–Crippen MR) is 124 cm³/mol. The third-order valence-corrected chi connectivity index (χ3v) is 5.70. The second-order valence-corrected chi connectivity index (χ2v) is 7.74. The molecule has 2 heterocycles. The van der Waals surface area contributed by atoms with E-state index in [0.717, 1.165) is 52.3 Å². The third-order valence-electron chi connectivity index (χ3n) is 5.70. The molecule has 1 aliphatic heterocycles. The molecule has 0 spiro atoms. The molecule has 0 saturated carbocycles. The molecule has 4 N–H and O–H groups in total. The van der Waals surface area contributed by atoms with E-state index in [4.69, 9.17) is 10.5 Å². The summed E-state index contributed by atoms with van der Waals surface area (Å²) in [6.07, 6.45) is 4.73. The summed E-state index contributed by atoms with van der Waals surface area (Å²) in [4.78, 5) is 0. The second-order valence-electron chi connectivity index (χ2n) is 7.74. The molecule has 3 aromatic rings. The van der Waals surface area contributed by atoms with Gasteiger partial charge in [-0.15, -0.1) is 5.10 Å². The molecule has 2 aromatic carbocycles. The summed E-state index contributed by atoms with van der Waals surface area (Å²) >= 11 is 0. The van der Waals surface area contributed by atoms with E-state index in [9.17, 15) is 0 Å². The molecule has 7 heteroatoms. The predicted octanol–water partition coefficient (Wildman–Crippen LogP) is 3.56. The second kappa shape index (κ2) is 9.14. The Hall–Kier alpha value is -3.45. The van der Waals surface area contributed by atoms with Crippen LogP contribution in [0.4, 0.5) is 5.69 Å². The highest BCUT2D eigenvalue weighted by molar-refractivity contribution is 6.08. The average Bonchev–Trinajstić information content (AvgIpc) is 3.08. The van der Waals surface area contributed by atoms with E-state index in [-0.39, 0.29) is 12.6 Å². The number of hydrogen-bond donors (Lipinski definition) is 4. The summed E-state index contributed by atoms with van der Waals surface area (Å²) in [7, 11) is 1.84. The Balaban J connectivity index is 1.76.